The van der Waals surface area contributed by atoms with Crippen LogP contribution in [0.5, 0.6) is 5.75 Å². The Hall–Kier alpha value is -3.06. The number of ketones is 1. The average molecular weight is 455 g/mol. The first kappa shape index (κ1) is 24.6. The number of benzene rings is 1. The van der Waals surface area contributed by atoms with Crippen LogP contribution in [0.2, 0.25) is 0 Å². The van der Waals surface area contributed by atoms with Crippen molar-refractivity contribution in [2.45, 2.75) is 45.6 Å². The normalized spacial score (nSPS) is 16.2. The van der Waals surface area contributed by atoms with Gasteiger partial charge in [0.15, 0.2) is 11.5 Å². The molecule has 0 aliphatic carbocycles. The number of nitrogens with zero attached hydrogens (tertiary/aromatic N) is 2. The van der Waals surface area contributed by atoms with Crippen LogP contribution in [0.1, 0.15) is 60.5 Å². The van der Waals surface area contributed by atoms with E-state index in [1.165, 1.54) is 0 Å². The average Bonchev–Trinajstić information content (AvgIpc) is 3.33. The van der Waals surface area contributed by atoms with Crippen LogP contribution in [-0.4, -0.2) is 60.4 Å². The van der Waals surface area contributed by atoms with Crippen LogP contribution in [0, 0.1) is 6.92 Å². The molecule has 2 heterocycles. The Morgan fingerprint density at radius 2 is 1.97 bits per heavy atom. The molecule has 0 saturated heterocycles. The van der Waals surface area contributed by atoms with E-state index >= 15 is 0 Å². The molecule has 33 heavy (non-hydrogen) atoms. The predicted molar refractivity (Wildman–Crippen MR) is 127 cm³/mol. The fourth-order valence-corrected chi connectivity index (χ4v) is 4.03. The smallest absolute Gasteiger partial charge is 0.290 e. The van der Waals surface area contributed by atoms with E-state index in [4.69, 9.17) is 9.15 Å². The van der Waals surface area contributed by atoms with Crippen LogP contribution < -0.4 is 4.74 Å². The number of aliphatic hydroxyl groups is 1. The molecule has 0 saturated carbocycles. The lowest BCUT2D eigenvalue weighted by molar-refractivity contribution is -0.129. The molecule has 3 rings (SSSR count). The quantitative estimate of drug-likeness (QED) is 0.370. The van der Waals surface area contributed by atoms with Crippen LogP contribution >= 0.6 is 0 Å². The van der Waals surface area contributed by atoms with E-state index in [-0.39, 0.29) is 11.3 Å². The molecule has 7 nitrogen and oxygen atoms in total. The highest BCUT2D eigenvalue weighted by Gasteiger charge is 2.44. The Bertz CT molecular complexity index is 1010. The molecule has 0 radical (unpaired) electrons. The van der Waals surface area contributed by atoms with E-state index in [9.17, 15) is 14.7 Å². The Balaban J connectivity index is 1.94. The van der Waals surface area contributed by atoms with Gasteiger partial charge < -0.3 is 24.1 Å². The minimum absolute atomic E-state index is 0.0438. The van der Waals surface area contributed by atoms with Gasteiger partial charge in [0, 0.05) is 6.54 Å². The number of carbonyl (C=O) groups is 2. The van der Waals surface area contributed by atoms with E-state index in [0.29, 0.717) is 31.1 Å². The van der Waals surface area contributed by atoms with Crippen LogP contribution in [0.3, 0.4) is 0 Å². The van der Waals surface area contributed by atoms with E-state index in [2.05, 4.69) is 6.92 Å². The number of Topliss-reactive ketones (excluding diaryl/α,β-unsaturated/α-hetero) is 1. The lowest BCUT2D eigenvalue weighted by atomic mass is 9.95. The molecule has 7 heteroatoms. The van der Waals surface area contributed by atoms with Gasteiger partial charge in [0.05, 0.1) is 18.2 Å². The number of hydrogen-bond donors (Lipinski definition) is 1. The minimum atomic E-state index is -0.711. The largest absolute Gasteiger partial charge is 0.503 e. The van der Waals surface area contributed by atoms with E-state index in [0.717, 1.165) is 31.4 Å². The summed E-state index contributed by atoms with van der Waals surface area (Å²) in [6.07, 6.45) is 3.87. The van der Waals surface area contributed by atoms with E-state index in [1.807, 2.05) is 43.3 Å². The van der Waals surface area contributed by atoms with Crippen molar-refractivity contribution in [1.82, 2.24) is 9.80 Å². The highest BCUT2D eigenvalue weighted by molar-refractivity contribution is 6.15. The molecule has 1 unspecified atom stereocenters. The van der Waals surface area contributed by atoms with Crippen molar-refractivity contribution in [3.8, 4) is 5.75 Å². The summed E-state index contributed by atoms with van der Waals surface area (Å²) in [4.78, 5) is 30.0. The summed E-state index contributed by atoms with van der Waals surface area (Å²) in [5, 5.41) is 10.8. The van der Waals surface area contributed by atoms with Crippen LogP contribution in [0.15, 0.2) is 52.1 Å². The van der Waals surface area contributed by atoms with E-state index < -0.39 is 23.5 Å². The summed E-state index contributed by atoms with van der Waals surface area (Å²) in [6, 6.07) is 9.97. The van der Waals surface area contributed by atoms with E-state index in [1.54, 1.807) is 24.0 Å². The maximum atomic E-state index is 13.3. The molecule has 1 N–H and O–H groups in total. The maximum absolute atomic E-state index is 13.3. The zero-order chi connectivity index (χ0) is 24.0. The van der Waals surface area contributed by atoms with Crippen LogP contribution in [0.4, 0.5) is 0 Å². The number of rotatable bonds is 12. The summed E-state index contributed by atoms with van der Waals surface area (Å²) in [5.74, 6) is -0.170. The number of carbonyl (C=O) groups excluding carboxylic acids is 2. The second-order valence-corrected chi connectivity index (χ2v) is 8.69. The number of amides is 1. The van der Waals surface area contributed by atoms with Crippen molar-refractivity contribution in [3.63, 3.8) is 0 Å². The zero-order valence-corrected chi connectivity index (χ0v) is 20.0. The molecule has 1 aromatic carbocycles. The van der Waals surface area contributed by atoms with Gasteiger partial charge in [-0.2, -0.15) is 0 Å². The van der Waals surface area contributed by atoms with Crippen molar-refractivity contribution in [1.29, 1.82) is 0 Å². The molecule has 2 aromatic rings. The number of aliphatic hydroxyl groups excluding tert-OH is 1. The first-order valence-corrected chi connectivity index (χ1v) is 11.6. The second-order valence-electron chi connectivity index (χ2n) is 8.69. The highest BCUT2D eigenvalue weighted by atomic mass is 16.5. The molecule has 1 aliphatic heterocycles. The summed E-state index contributed by atoms with van der Waals surface area (Å²) in [5.41, 5.74) is 0.763. The van der Waals surface area contributed by atoms with Crippen molar-refractivity contribution < 1.29 is 23.8 Å². The lowest BCUT2D eigenvalue weighted by Crippen LogP contribution is -2.33. The number of unbranched alkanes of at least 4 members (excludes halogenated alkanes) is 2. The number of furan rings is 1. The molecule has 1 amide bonds. The van der Waals surface area contributed by atoms with Gasteiger partial charge in [-0.05, 0) is 70.2 Å². The third-order valence-corrected chi connectivity index (χ3v) is 5.71. The maximum Gasteiger partial charge on any atom is 0.290 e. The molecule has 1 aliphatic rings. The Morgan fingerprint density at radius 1 is 1.18 bits per heavy atom. The van der Waals surface area contributed by atoms with Gasteiger partial charge in [-0.3, -0.25) is 9.59 Å². The summed E-state index contributed by atoms with van der Waals surface area (Å²) in [6.45, 7) is 5.67. The molecule has 178 valence electrons. The van der Waals surface area contributed by atoms with Gasteiger partial charge in [-0.25, -0.2) is 0 Å². The topological polar surface area (TPSA) is 83.2 Å². The monoisotopic (exact) mass is 454 g/mol. The standard InChI is InChI=1S/C26H34N2O5/c1-5-6-7-16-32-20-11-8-10-19(17-20)23-22(24(29)21-13-12-18(2)33-21)25(30)26(31)28(23)15-9-14-27(3)4/h8,10-13,17,23,30H,5-7,9,14-16H2,1-4H3. The fraction of sp³-hybridized carbons (Fsp3) is 0.462. The Morgan fingerprint density at radius 3 is 2.64 bits per heavy atom. The Kier molecular flexibility index (Phi) is 8.33. The molecular weight excluding hydrogens is 420 g/mol. The van der Waals surface area contributed by atoms with Crippen molar-refractivity contribution in [2.24, 2.45) is 0 Å². The third kappa shape index (κ3) is 5.85. The first-order chi connectivity index (χ1) is 15.8. The van der Waals surface area contributed by atoms with Gasteiger partial charge in [0.1, 0.15) is 11.5 Å². The molecule has 1 atom stereocenters. The van der Waals surface area contributed by atoms with Gasteiger partial charge in [-0.1, -0.05) is 31.9 Å². The van der Waals surface area contributed by atoms with Gasteiger partial charge >= 0.3 is 0 Å². The second kappa shape index (κ2) is 11.2. The summed E-state index contributed by atoms with van der Waals surface area (Å²) in [7, 11) is 3.93. The predicted octanol–water partition coefficient (Wildman–Crippen LogP) is 4.69. The van der Waals surface area contributed by atoms with Gasteiger partial charge in [0.2, 0.25) is 5.78 Å². The Labute approximate surface area is 195 Å². The van der Waals surface area contributed by atoms with Crippen molar-refractivity contribution >= 4 is 11.7 Å². The molecule has 1 aromatic heterocycles. The van der Waals surface area contributed by atoms with Crippen molar-refractivity contribution in [3.05, 3.63) is 64.8 Å². The number of ether oxygens (including phenoxy) is 1. The lowest BCUT2D eigenvalue weighted by Gasteiger charge is -2.27. The summed E-state index contributed by atoms with van der Waals surface area (Å²) >= 11 is 0. The summed E-state index contributed by atoms with van der Waals surface area (Å²) < 4.78 is 11.4. The molecule has 0 spiro atoms. The third-order valence-electron chi connectivity index (χ3n) is 5.71. The van der Waals surface area contributed by atoms with Gasteiger partial charge in [-0.15, -0.1) is 0 Å². The number of hydrogen-bond acceptors (Lipinski definition) is 6. The zero-order valence-electron chi connectivity index (χ0n) is 20.0. The van der Waals surface area contributed by atoms with Crippen LogP contribution in [-0.2, 0) is 4.79 Å². The van der Waals surface area contributed by atoms with Crippen molar-refractivity contribution in [2.75, 3.05) is 33.8 Å². The van der Waals surface area contributed by atoms with Gasteiger partial charge in [0.25, 0.3) is 5.91 Å². The first-order valence-electron chi connectivity index (χ1n) is 11.6. The highest BCUT2D eigenvalue weighted by Crippen LogP contribution is 2.40. The molecule has 0 bridgehead atoms. The fourth-order valence-electron chi connectivity index (χ4n) is 4.03. The minimum Gasteiger partial charge on any atom is -0.503 e. The van der Waals surface area contributed by atoms with Crippen LogP contribution in [0.25, 0.3) is 0 Å². The SMILES string of the molecule is CCCCCOc1cccc(C2C(C(=O)c3ccc(C)o3)=C(O)C(=O)N2CCCN(C)C)c1. The molecular formula is C26H34N2O5. The number of aryl methyl sites for hydroxylation is 1. The molecule has 0 fully saturated rings.